The highest BCUT2D eigenvalue weighted by molar-refractivity contribution is 5.99. The molecule has 29 heavy (non-hydrogen) atoms. The second-order valence-corrected chi connectivity index (χ2v) is 8.49. The SMILES string of the molecule is CCCCN(CCC)C(=O)C1c2ccccc2-c2cccc(N3CCCCC3)c21. The van der Waals surface area contributed by atoms with Gasteiger partial charge in [0.25, 0.3) is 0 Å². The van der Waals surface area contributed by atoms with Crippen molar-refractivity contribution >= 4 is 11.6 Å². The summed E-state index contributed by atoms with van der Waals surface area (Å²) in [6.07, 6.45) is 6.99. The molecule has 3 heteroatoms. The Morgan fingerprint density at radius 3 is 2.45 bits per heavy atom. The molecule has 0 spiro atoms. The number of benzene rings is 2. The van der Waals surface area contributed by atoms with Crippen LogP contribution in [0.1, 0.15) is 69.4 Å². The predicted octanol–water partition coefficient (Wildman–Crippen LogP) is 5.83. The predicted molar refractivity (Wildman–Crippen MR) is 122 cm³/mol. The van der Waals surface area contributed by atoms with Gasteiger partial charge in [0, 0.05) is 37.4 Å². The van der Waals surface area contributed by atoms with Gasteiger partial charge in [-0.2, -0.15) is 0 Å². The van der Waals surface area contributed by atoms with Crippen molar-refractivity contribution in [2.45, 2.75) is 58.3 Å². The molecule has 1 amide bonds. The van der Waals surface area contributed by atoms with Gasteiger partial charge in [0.2, 0.25) is 5.91 Å². The van der Waals surface area contributed by atoms with Gasteiger partial charge in [-0.25, -0.2) is 0 Å². The zero-order valence-corrected chi connectivity index (χ0v) is 18.0. The van der Waals surface area contributed by atoms with Crippen molar-refractivity contribution in [2.24, 2.45) is 0 Å². The van der Waals surface area contributed by atoms with E-state index in [1.807, 2.05) is 0 Å². The first-order chi connectivity index (χ1) is 14.3. The van der Waals surface area contributed by atoms with Gasteiger partial charge in [-0.15, -0.1) is 0 Å². The van der Waals surface area contributed by atoms with E-state index in [-0.39, 0.29) is 11.8 Å². The Hall–Kier alpha value is -2.29. The van der Waals surface area contributed by atoms with Crippen LogP contribution in [-0.2, 0) is 4.79 Å². The van der Waals surface area contributed by atoms with E-state index in [9.17, 15) is 4.79 Å². The highest BCUT2D eigenvalue weighted by Gasteiger charge is 2.38. The summed E-state index contributed by atoms with van der Waals surface area (Å²) in [5.41, 5.74) is 6.22. The number of amides is 1. The maximum Gasteiger partial charge on any atom is 0.234 e. The number of hydrogen-bond acceptors (Lipinski definition) is 2. The number of carbonyl (C=O) groups excluding carboxylic acids is 1. The minimum Gasteiger partial charge on any atom is -0.371 e. The summed E-state index contributed by atoms with van der Waals surface area (Å²) in [5.74, 6) is 0.124. The summed E-state index contributed by atoms with van der Waals surface area (Å²) >= 11 is 0. The molecule has 2 aliphatic rings. The van der Waals surface area contributed by atoms with Gasteiger partial charge in [-0.05, 0) is 54.9 Å². The molecule has 2 aromatic carbocycles. The van der Waals surface area contributed by atoms with E-state index in [1.165, 1.54) is 47.2 Å². The van der Waals surface area contributed by atoms with Gasteiger partial charge >= 0.3 is 0 Å². The maximum atomic E-state index is 13.9. The first kappa shape index (κ1) is 20.0. The summed E-state index contributed by atoms with van der Waals surface area (Å²) < 4.78 is 0. The molecular weight excluding hydrogens is 356 g/mol. The third kappa shape index (κ3) is 3.80. The fraction of sp³-hybridized carbons (Fsp3) is 0.500. The van der Waals surface area contributed by atoms with Crippen LogP contribution in [0.25, 0.3) is 11.1 Å². The smallest absolute Gasteiger partial charge is 0.234 e. The van der Waals surface area contributed by atoms with Gasteiger partial charge in [-0.1, -0.05) is 56.7 Å². The standard InChI is InChI=1S/C26H34N2O/c1-3-5-17-28(16-4-2)26(29)25-22-13-8-7-12-20(22)21-14-11-15-23(24(21)25)27-18-9-6-10-19-27/h7-8,11-15,25H,3-6,9-10,16-19H2,1-2H3. The third-order valence-corrected chi connectivity index (χ3v) is 6.46. The van der Waals surface area contributed by atoms with Crippen molar-refractivity contribution in [1.82, 2.24) is 4.90 Å². The van der Waals surface area contributed by atoms with Crippen LogP contribution in [0.15, 0.2) is 42.5 Å². The normalized spacial score (nSPS) is 17.7. The zero-order chi connectivity index (χ0) is 20.2. The number of nitrogens with zero attached hydrogens (tertiary/aromatic N) is 2. The molecular formula is C26H34N2O. The van der Waals surface area contributed by atoms with E-state index in [2.05, 4.69) is 66.1 Å². The minimum atomic E-state index is -0.164. The van der Waals surface area contributed by atoms with Gasteiger partial charge < -0.3 is 9.80 Å². The number of hydrogen-bond donors (Lipinski definition) is 0. The van der Waals surface area contributed by atoms with Crippen molar-refractivity contribution in [1.29, 1.82) is 0 Å². The van der Waals surface area contributed by atoms with Crippen molar-refractivity contribution in [3.8, 4) is 11.1 Å². The average molecular weight is 391 g/mol. The van der Waals surface area contributed by atoms with Gasteiger partial charge in [-0.3, -0.25) is 4.79 Å². The lowest BCUT2D eigenvalue weighted by atomic mass is 9.92. The molecule has 1 aliphatic heterocycles. The number of unbranched alkanes of at least 4 members (excludes halogenated alkanes) is 1. The molecule has 0 N–H and O–H groups in total. The Morgan fingerprint density at radius 2 is 1.69 bits per heavy atom. The quantitative estimate of drug-likeness (QED) is 0.594. The molecule has 0 radical (unpaired) electrons. The molecule has 3 nitrogen and oxygen atoms in total. The van der Waals surface area contributed by atoms with E-state index in [4.69, 9.17) is 0 Å². The summed E-state index contributed by atoms with van der Waals surface area (Å²) in [6.45, 7) is 8.28. The highest BCUT2D eigenvalue weighted by atomic mass is 16.2. The van der Waals surface area contributed by atoms with E-state index in [0.717, 1.165) is 45.4 Å². The molecule has 1 atom stereocenters. The van der Waals surface area contributed by atoms with Crippen LogP contribution < -0.4 is 4.90 Å². The number of piperidine rings is 1. The number of rotatable bonds is 7. The molecule has 154 valence electrons. The molecule has 1 fully saturated rings. The third-order valence-electron chi connectivity index (χ3n) is 6.46. The second kappa shape index (κ2) is 9.02. The molecule has 4 rings (SSSR count). The lowest BCUT2D eigenvalue weighted by Crippen LogP contribution is -2.37. The lowest BCUT2D eigenvalue weighted by Gasteiger charge is -2.33. The minimum absolute atomic E-state index is 0.164. The van der Waals surface area contributed by atoms with Crippen LogP contribution in [0.3, 0.4) is 0 Å². The highest BCUT2D eigenvalue weighted by Crippen LogP contribution is 2.49. The molecule has 0 saturated carbocycles. The summed E-state index contributed by atoms with van der Waals surface area (Å²) in [7, 11) is 0. The van der Waals surface area contributed by atoms with Crippen molar-refractivity contribution in [3.05, 3.63) is 53.6 Å². The Kier molecular flexibility index (Phi) is 6.22. The number of anilines is 1. The van der Waals surface area contributed by atoms with Crippen molar-refractivity contribution in [3.63, 3.8) is 0 Å². The first-order valence-electron chi connectivity index (χ1n) is 11.5. The fourth-order valence-corrected chi connectivity index (χ4v) is 5.04. The molecule has 1 aliphatic carbocycles. The summed E-state index contributed by atoms with van der Waals surface area (Å²) in [6, 6.07) is 15.2. The van der Waals surface area contributed by atoms with E-state index < -0.39 is 0 Å². The Labute approximate surface area is 175 Å². The van der Waals surface area contributed by atoms with E-state index in [0.29, 0.717) is 0 Å². The van der Waals surface area contributed by atoms with Crippen LogP contribution in [0, 0.1) is 0 Å². The van der Waals surface area contributed by atoms with Gasteiger partial charge in [0.05, 0.1) is 5.92 Å². The lowest BCUT2D eigenvalue weighted by molar-refractivity contribution is -0.131. The summed E-state index contributed by atoms with van der Waals surface area (Å²) in [5, 5.41) is 0. The van der Waals surface area contributed by atoms with E-state index in [1.54, 1.807) is 0 Å². The molecule has 1 heterocycles. The van der Waals surface area contributed by atoms with E-state index >= 15 is 0 Å². The van der Waals surface area contributed by atoms with Gasteiger partial charge in [0.15, 0.2) is 0 Å². The Morgan fingerprint density at radius 1 is 0.931 bits per heavy atom. The van der Waals surface area contributed by atoms with Crippen LogP contribution in [0.5, 0.6) is 0 Å². The number of fused-ring (bicyclic) bond motifs is 3. The zero-order valence-electron chi connectivity index (χ0n) is 18.0. The van der Waals surface area contributed by atoms with Crippen LogP contribution in [-0.4, -0.2) is 37.0 Å². The largest absolute Gasteiger partial charge is 0.371 e. The average Bonchev–Trinajstić information content (AvgIpc) is 3.11. The topological polar surface area (TPSA) is 23.6 Å². The summed E-state index contributed by atoms with van der Waals surface area (Å²) in [4.78, 5) is 18.5. The first-order valence-corrected chi connectivity index (χ1v) is 11.5. The maximum absolute atomic E-state index is 13.9. The molecule has 0 bridgehead atoms. The van der Waals surface area contributed by atoms with Crippen LogP contribution >= 0.6 is 0 Å². The monoisotopic (exact) mass is 390 g/mol. The fourth-order valence-electron chi connectivity index (χ4n) is 5.04. The Balaban J connectivity index is 1.79. The molecule has 0 aromatic heterocycles. The molecule has 1 unspecified atom stereocenters. The second-order valence-electron chi connectivity index (χ2n) is 8.49. The van der Waals surface area contributed by atoms with Crippen LogP contribution in [0.4, 0.5) is 5.69 Å². The van der Waals surface area contributed by atoms with Crippen molar-refractivity contribution < 1.29 is 4.79 Å². The number of carbonyl (C=O) groups is 1. The van der Waals surface area contributed by atoms with Crippen molar-refractivity contribution in [2.75, 3.05) is 31.1 Å². The van der Waals surface area contributed by atoms with Gasteiger partial charge in [0.1, 0.15) is 0 Å². The molecule has 2 aromatic rings. The van der Waals surface area contributed by atoms with Crippen LogP contribution in [0.2, 0.25) is 0 Å². The Bertz CT molecular complexity index is 854. The molecule has 1 saturated heterocycles.